The van der Waals surface area contributed by atoms with E-state index >= 15 is 0 Å². The Labute approximate surface area is 179 Å². The van der Waals surface area contributed by atoms with E-state index < -0.39 is 0 Å². The van der Waals surface area contributed by atoms with E-state index in [4.69, 9.17) is 20.2 Å². The van der Waals surface area contributed by atoms with Gasteiger partial charge in [-0.1, -0.05) is 24.3 Å². The topological polar surface area (TPSA) is 86.7 Å². The molecule has 0 spiro atoms. The second-order valence-electron chi connectivity index (χ2n) is 7.73. The van der Waals surface area contributed by atoms with Gasteiger partial charge in [-0.15, -0.1) is 0 Å². The Hall–Kier alpha value is -2.22. The minimum Gasteiger partial charge on any atom is -0.384 e. The van der Waals surface area contributed by atoms with E-state index in [0.717, 1.165) is 81.4 Å². The van der Waals surface area contributed by atoms with Crippen molar-refractivity contribution in [2.24, 2.45) is 10.7 Å². The number of aliphatic imine (C=N–C) groups is 1. The molecular formula is C23H35N5O2. The van der Waals surface area contributed by atoms with Gasteiger partial charge in [-0.05, 0) is 50.9 Å². The van der Waals surface area contributed by atoms with Crippen LogP contribution in [0.15, 0.2) is 29.3 Å². The van der Waals surface area contributed by atoms with Crippen molar-refractivity contribution in [3.63, 3.8) is 0 Å². The van der Waals surface area contributed by atoms with Crippen LogP contribution in [0.1, 0.15) is 37.9 Å². The number of nitrogens with one attached hydrogen (secondary N) is 1. The van der Waals surface area contributed by atoms with Crippen LogP contribution in [0, 0.1) is 0 Å². The summed E-state index contributed by atoms with van der Waals surface area (Å²) in [6.07, 6.45) is 14.4. The second kappa shape index (κ2) is 11.8. The molecule has 0 saturated carbocycles. The van der Waals surface area contributed by atoms with Crippen molar-refractivity contribution in [1.82, 2.24) is 14.9 Å². The average Bonchev–Trinajstić information content (AvgIpc) is 3.16. The molecule has 30 heavy (non-hydrogen) atoms. The molecule has 1 fully saturated rings. The summed E-state index contributed by atoms with van der Waals surface area (Å²) in [5, 5.41) is 5.46. The molecule has 0 aromatic carbocycles. The van der Waals surface area contributed by atoms with E-state index in [1.165, 1.54) is 5.57 Å². The fourth-order valence-corrected chi connectivity index (χ4v) is 3.99. The van der Waals surface area contributed by atoms with Gasteiger partial charge in [0.25, 0.3) is 0 Å². The summed E-state index contributed by atoms with van der Waals surface area (Å²) in [4.78, 5) is 8.82. The fourth-order valence-electron chi connectivity index (χ4n) is 3.99. The van der Waals surface area contributed by atoms with Crippen molar-refractivity contribution in [2.45, 2.75) is 51.1 Å². The quantitative estimate of drug-likeness (QED) is 0.442. The van der Waals surface area contributed by atoms with Crippen LogP contribution in [0.3, 0.4) is 0 Å². The number of hydrogen-bond donors (Lipinski definition) is 2. The maximum atomic E-state index is 6.18. The maximum Gasteiger partial charge on any atom is 0.150 e. The Balaban J connectivity index is 1.80. The number of methoxy groups -OCH3 is 1. The zero-order valence-corrected chi connectivity index (χ0v) is 18.1. The Morgan fingerprint density at radius 1 is 1.37 bits per heavy atom. The van der Waals surface area contributed by atoms with Crippen LogP contribution in [0.4, 0.5) is 0 Å². The van der Waals surface area contributed by atoms with Gasteiger partial charge in [-0.3, -0.25) is 0 Å². The number of hydrogen-bond acceptors (Lipinski definition) is 6. The molecular weight excluding hydrogens is 378 g/mol. The van der Waals surface area contributed by atoms with Gasteiger partial charge in [0.1, 0.15) is 11.2 Å². The molecule has 1 aromatic heterocycles. The number of nitrogens with two attached hydrogens (primary N) is 1. The first-order valence-electron chi connectivity index (χ1n) is 10.9. The van der Waals surface area contributed by atoms with Gasteiger partial charge in [-0.25, -0.2) is 9.98 Å². The summed E-state index contributed by atoms with van der Waals surface area (Å²) in [7, 11) is 1.71. The predicted octanol–water partition coefficient (Wildman–Crippen LogP) is 1.01. The number of rotatable bonds is 10. The number of imidazole rings is 1. The SMILES string of the molecule is C=N/C(N)=c1/nc(CCOC)n(CCCCNC2CCOCC2)/c1=C1\C=CC=CC1. The van der Waals surface area contributed by atoms with Crippen LogP contribution in [0.2, 0.25) is 0 Å². The fraction of sp³-hybridized carbons (Fsp3) is 0.565. The molecule has 7 heteroatoms. The van der Waals surface area contributed by atoms with Crippen molar-refractivity contribution in [2.75, 3.05) is 33.5 Å². The standard InChI is InChI=1S/C23H35N5O2/c1-25-23(24)21-22(18-8-4-3-5-9-18)28(20(27-21)12-15-29-2)14-7-6-13-26-19-10-16-30-17-11-19/h3-5,8,19,26H,1,6-7,9-17,24H2,2H3/b22-18+,23-21+. The normalized spacial score (nSPS) is 19.9. The maximum absolute atomic E-state index is 6.18. The summed E-state index contributed by atoms with van der Waals surface area (Å²) in [5.41, 5.74) is 7.38. The number of nitrogens with zero attached hydrogens (tertiary/aromatic N) is 3. The van der Waals surface area contributed by atoms with Crippen LogP contribution in [0.25, 0.3) is 11.4 Å². The molecule has 3 rings (SSSR count). The van der Waals surface area contributed by atoms with E-state index in [0.29, 0.717) is 18.5 Å². The molecule has 1 aromatic rings. The lowest BCUT2D eigenvalue weighted by atomic mass is 10.1. The molecule has 2 heterocycles. The third-order valence-electron chi connectivity index (χ3n) is 5.64. The van der Waals surface area contributed by atoms with E-state index in [9.17, 15) is 0 Å². The Kier molecular flexibility index (Phi) is 8.86. The average molecular weight is 414 g/mol. The highest BCUT2D eigenvalue weighted by atomic mass is 16.5. The van der Waals surface area contributed by atoms with Crippen LogP contribution in [0.5, 0.6) is 0 Å². The smallest absolute Gasteiger partial charge is 0.150 e. The molecule has 0 bridgehead atoms. The van der Waals surface area contributed by atoms with Gasteiger partial charge in [0.15, 0.2) is 5.82 Å². The summed E-state index contributed by atoms with van der Waals surface area (Å²) in [6.45, 7) is 7.89. The molecule has 164 valence electrons. The molecule has 1 aliphatic carbocycles. The van der Waals surface area contributed by atoms with Crippen LogP contribution >= 0.6 is 0 Å². The van der Waals surface area contributed by atoms with Crippen molar-refractivity contribution in [3.8, 4) is 0 Å². The van der Waals surface area contributed by atoms with Crippen LogP contribution in [-0.2, 0) is 22.4 Å². The number of allylic oxidation sites excluding steroid dienone is 4. The van der Waals surface area contributed by atoms with Crippen molar-refractivity contribution in [1.29, 1.82) is 0 Å². The van der Waals surface area contributed by atoms with Crippen molar-refractivity contribution >= 4 is 18.1 Å². The van der Waals surface area contributed by atoms with Crippen LogP contribution < -0.4 is 21.7 Å². The molecule has 1 aliphatic heterocycles. The Morgan fingerprint density at radius 2 is 2.20 bits per heavy atom. The minimum absolute atomic E-state index is 0.374. The van der Waals surface area contributed by atoms with Crippen LogP contribution in [-0.4, -0.2) is 55.8 Å². The van der Waals surface area contributed by atoms with E-state index in [1.54, 1.807) is 7.11 Å². The molecule has 2 aliphatic rings. The third kappa shape index (κ3) is 5.90. The lowest BCUT2D eigenvalue weighted by Crippen LogP contribution is -2.36. The second-order valence-corrected chi connectivity index (χ2v) is 7.73. The molecule has 0 amide bonds. The van der Waals surface area contributed by atoms with Gasteiger partial charge in [0.2, 0.25) is 0 Å². The first kappa shape index (κ1) is 22.5. The van der Waals surface area contributed by atoms with E-state index in [1.807, 2.05) is 0 Å². The predicted molar refractivity (Wildman–Crippen MR) is 122 cm³/mol. The summed E-state index contributed by atoms with van der Waals surface area (Å²) >= 11 is 0. The van der Waals surface area contributed by atoms with Gasteiger partial charge in [-0.2, -0.15) is 0 Å². The van der Waals surface area contributed by atoms with E-state index in [2.05, 4.69) is 45.9 Å². The minimum atomic E-state index is 0.374. The first-order valence-corrected chi connectivity index (χ1v) is 10.9. The molecule has 0 atom stereocenters. The zero-order chi connectivity index (χ0) is 21.2. The monoisotopic (exact) mass is 413 g/mol. The van der Waals surface area contributed by atoms with Gasteiger partial charge in [0.05, 0.1) is 12.0 Å². The van der Waals surface area contributed by atoms with Crippen molar-refractivity contribution < 1.29 is 9.47 Å². The van der Waals surface area contributed by atoms with Gasteiger partial charge in [0, 0.05) is 39.3 Å². The summed E-state index contributed by atoms with van der Waals surface area (Å²) in [5.74, 6) is 1.36. The summed E-state index contributed by atoms with van der Waals surface area (Å²) in [6, 6.07) is 0.592. The molecule has 0 radical (unpaired) electrons. The highest BCUT2D eigenvalue weighted by Crippen LogP contribution is 2.10. The Morgan fingerprint density at radius 3 is 2.90 bits per heavy atom. The third-order valence-corrected chi connectivity index (χ3v) is 5.64. The lowest BCUT2D eigenvalue weighted by molar-refractivity contribution is 0.0780. The largest absolute Gasteiger partial charge is 0.384 e. The lowest BCUT2D eigenvalue weighted by Gasteiger charge is -2.23. The molecule has 0 unspecified atom stereocenters. The molecule has 7 nitrogen and oxygen atoms in total. The number of unbranched alkanes of at least 4 members (excludes halogenated alkanes) is 1. The number of aromatic nitrogens is 2. The number of ether oxygens (including phenoxy) is 2. The highest BCUT2D eigenvalue weighted by molar-refractivity contribution is 5.61. The van der Waals surface area contributed by atoms with Gasteiger partial charge < -0.3 is 25.1 Å². The molecule has 1 saturated heterocycles. The highest BCUT2D eigenvalue weighted by Gasteiger charge is 2.14. The summed E-state index contributed by atoms with van der Waals surface area (Å²) < 4.78 is 13.1. The first-order chi connectivity index (χ1) is 14.7. The molecule has 3 N–H and O–H groups in total. The Bertz CT molecular complexity index is 878. The van der Waals surface area contributed by atoms with Gasteiger partial charge >= 0.3 is 0 Å². The van der Waals surface area contributed by atoms with E-state index in [-0.39, 0.29) is 0 Å². The zero-order valence-electron chi connectivity index (χ0n) is 18.1. The van der Waals surface area contributed by atoms with Crippen molar-refractivity contribution in [3.05, 3.63) is 40.8 Å².